The number of hydrogen-bond donors (Lipinski definition) is 1. The van der Waals surface area contributed by atoms with Gasteiger partial charge in [0.2, 0.25) is 0 Å². The van der Waals surface area contributed by atoms with E-state index < -0.39 is 0 Å². The van der Waals surface area contributed by atoms with Crippen LogP contribution < -0.4 is 5.32 Å². The molecule has 114 valence electrons. The average molecular weight is 304 g/mol. The van der Waals surface area contributed by atoms with Crippen LogP contribution in [0.5, 0.6) is 0 Å². The third kappa shape index (κ3) is 3.79. The van der Waals surface area contributed by atoms with E-state index >= 15 is 0 Å². The molecular weight excluding hydrogens is 280 g/mol. The van der Waals surface area contributed by atoms with Crippen molar-refractivity contribution in [3.63, 3.8) is 0 Å². The van der Waals surface area contributed by atoms with Crippen LogP contribution in [0.15, 0.2) is 11.4 Å². The molecule has 0 saturated heterocycles. The molecule has 0 amide bonds. The molecule has 2 aromatic heterocycles. The van der Waals surface area contributed by atoms with Gasteiger partial charge in [0.15, 0.2) is 5.82 Å². The van der Waals surface area contributed by atoms with Crippen LogP contribution in [0.3, 0.4) is 0 Å². The first-order chi connectivity index (χ1) is 9.81. The summed E-state index contributed by atoms with van der Waals surface area (Å²) >= 11 is 1.67. The maximum Gasteiger partial charge on any atom is 0.181 e. The van der Waals surface area contributed by atoms with Crippen molar-refractivity contribution in [2.24, 2.45) is 0 Å². The number of thiazole rings is 1. The van der Waals surface area contributed by atoms with Crippen molar-refractivity contribution in [1.29, 1.82) is 0 Å². The number of nitrogens with one attached hydrogen (secondary N) is 1. The second-order valence-electron chi connectivity index (χ2n) is 6.47. The van der Waals surface area contributed by atoms with Crippen molar-refractivity contribution >= 4 is 17.2 Å². The topological polar surface area (TPSA) is 50.7 Å². The molecule has 0 fully saturated rings. The lowest BCUT2D eigenvalue weighted by Gasteiger charge is -2.13. The van der Waals surface area contributed by atoms with Crippen LogP contribution in [0.1, 0.15) is 58.2 Å². The highest BCUT2D eigenvalue weighted by Crippen LogP contribution is 2.29. The Hall–Kier alpha value is -1.49. The molecule has 2 heterocycles. The Balaban J connectivity index is 2.44. The van der Waals surface area contributed by atoms with Gasteiger partial charge in [-0.1, -0.05) is 34.6 Å². The Morgan fingerprint density at radius 2 is 1.90 bits per heavy atom. The monoisotopic (exact) mass is 304 g/mol. The zero-order chi connectivity index (χ0) is 15.6. The van der Waals surface area contributed by atoms with Gasteiger partial charge in [-0.15, -0.1) is 11.3 Å². The smallest absolute Gasteiger partial charge is 0.181 e. The van der Waals surface area contributed by atoms with E-state index in [0.29, 0.717) is 11.7 Å². The molecule has 0 atom stereocenters. The first-order valence-corrected chi connectivity index (χ1v) is 8.28. The van der Waals surface area contributed by atoms with Gasteiger partial charge >= 0.3 is 0 Å². The van der Waals surface area contributed by atoms with Gasteiger partial charge < -0.3 is 5.32 Å². The highest BCUT2D eigenvalue weighted by molar-refractivity contribution is 7.10. The lowest BCUT2D eigenvalue weighted by atomic mass is 9.98. The van der Waals surface area contributed by atoms with Gasteiger partial charge in [0, 0.05) is 29.1 Å². The van der Waals surface area contributed by atoms with E-state index in [1.807, 2.05) is 6.07 Å². The highest BCUT2D eigenvalue weighted by Gasteiger charge is 2.20. The summed E-state index contributed by atoms with van der Waals surface area (Å²) in [5.41, 5.74) is 1.97. The van der Waals surface area contributed by atoms with Crippen molar-refractivity contribution in [2.45, 2.75) is 52.9 Å². The quantitative estimate of drug-likeness (QED) is 0.906. The molecule has 0 unspecified atom stereocenters. The van der Waals surface area contributed by atoms with Crippen LogP contribution in [0.25, 0.3) is 11.5 Å². The predicted octanol–water partition coefficient (Wildman–Crippen LogP) is 4.45. The molecule has 0 aliphatic rings. The van der Waals surface area contributed by atoms with Crippen LogP contribution in [-0.2, 0) is 5.41 Å². The lowest BCUT2D eigenvalue weighted by Crippen LogP contribution is -2.10. The van der Waals surface area contributed by atoms with Gasteiger partial charge in [-0.2, -0.15) is 0 Å². The van der Waals surface area contributed by atoms with Crippen LogP contribution in [0.2, 0.25) is 0 Å². The fourth-order valence-corrected chi connectivity index (χ4v) is 2.75. The number of nitrogens with zero attached hydrogens (tertiary/aromatic N) is 3. The molecule has 2 aromatic rings. The SMILES string of the molecule is CCNc1cc(C(C)C)nc(-c2csc(C(C)(C)C)n2)n1. The average Bonchev–Trinajstić information content (AvgIpc) is 2.88. The number of rotatable bonds is 4. The molecule has 4 nitrogen and oxygen atoms in total. The van der Waals surface area contributed by atoms with Crippen molar-refractivity contribution in [3.8, 4) is 11.5 Å². The molecule has 0 radical (unpaired) electrons. The Morgan fingerprint density at radius 1 is 1.19 bits per heavy atom. The van der Waals surface area contributed by atoms with Crippen LogP contribution in [-0.4, -0.2) is 21.5 Å². The fraction of sp³-hybridized carbons (Fsp3) is 0.562. The Morgan fingerprint density at radius 3 is 2.43 bits per heavy atom. The molecule has 5 heteroatoms. The van der Waals surface area contributed by atoms with Gasteiger partial charge in [-0.05, 0) is 12.8 Å². The lowest BCUT2D eigenvalue weighted by molar-refractivity contribution is 0.586. The van der Waals surface area contributed by atoms with Crippen molar-refractivity contribution in [2.75, 3.05) is 11.9 Å². The minimum absolute atomic E-state index is 0.0586. The maximum atomic E-state index is 4.72. The van der Waals surface area contributed by atoms with Crippen molar-refractivity contribution in [3.05, 3.63) is 22.1 Å². The van der Waals surface area contributed by atoms with Gasteiger partial charge in [-0.3, -0.25) is 0 Å². The Labute approximate surface area is 131 Å². The molecule has 0 aliphatic carbocycles. The van der Waals surface area contributed by atoms with Gasteiger partial charge in [0.1, 0.15) is 11.5 Å². The molecule has 0 saturated carbocycles. The second kappa shape index (κ2) is 6.10. The summed E-state index contributed by atoms with van der Waals surface area (Å²) < 4.78 is 0. The molecule has 0 aliphatic heterocycles. The van der Waals surface area contributed by atoms with E-state index in [9.17, 15) is 0 Å². The summed E-state index contributed by atoms with van der Waals surface area (Å²) in [6, 6.07) is 2.02. The van der Waals surface area contributed by atoms with Gasteiger partial charge in [0.05, 0.1) is 5.01 Å². The first kappa shape index (κ1) is 15.9. The first-order valence-electron chi connectivity index (χ1n) is 7.40. The molecule has 21 heavy (non-hydrogen) atoms. The normalized spacial score (nSPS) is 12.0. The summed E-state index contributed by atoms with van der Waals surface area (Å²) in [4.78, 5) is 14.0. The van der Waals surface area contributed by atoms with Crippen molar-refractivity contribution < 1.29 is 0 Å². The number of aromatic nitrogens is 3. The fourth-order valence-electron chi connectivity index (χ4n) is 1.87. The maximum absolute atomic E-state index is 4.72. The van der Waals surface area contributed by atoms with E-state index in [1.165, 1.54) is 0 Å². The number of hydrogen-bond acceptors (Lipinski definition) is 5. The van der Waals surface area contributed by atoms with Gasteiger partial charge in [-0.25, -0.2) is 15.0 Å². The standard InChI is InChI=1S/C16H24N4S/c1-7-17-13-8-11(10(2)3)18-14(20-13)12-9-21-15(19-12)16(4,5)6/h8-10H,7H2,1-6H3,(H,17,18,20). The number of anilines is 1. The van der Waals surface area contributed by atoms with Crippen LogP contribution >= 0.6 is 11.3 Å². The van der Waals surface area contributed by atoms with E-state index in [-0.39, 0.29) is 5.41 Å². The highest BCUT2D eigenvalue weighted by atomic mass is 32.1. The van der Waals surface area contributed by atoms with E-state index in [4.69, 9.17) is 4.98 Å². The summed E-state index contributed by atoms with van der Waals surface area (Å²) in [6.45, 7) is 13.7. The van der Waals surface area contributed by atoms with E-state index in [0.717, 1.165) is 28.8 Å². The molecule has 0 spiro atoms. The summed E-state index contributed by atoms with van der Waals surface area (Å²) in [6.07, 6.45) is 0. The zero-order valence-electron chi connectivity index (χ0n) is 13.7. The minimum Gasteiger partial charge on any atom is -0.370 e. The van der Waals surface area contributed by atoms with Crippen LogP contribution in [0.4, 0.5) is 5.82 Å². The van der Waals surface area contributed by atoms with Crippen molar-refractivity contribution in [1.82, 2.24) is 15.0 Å². The Kier molecular flexibility index (Phi) is 4.61. The summed E-state index contributed by atoms with van der Waals surface area (Å²) in [7, 11) is 0. The largest absolute Gasteiger partial charge is 0.370 e. The molecule has 2 rings (SSSR count). The third-order valence-electron chi connectivity index (χ3n) is 3.07. The molecular formula is C16H24N4S. The molecule has 1 N–H and O–H groups in total. The van der Waals surface area contributed by atoms with E-state index in [1.54, 1.807) is 11.3 Å². The second-order valence-corrected chi connectivity index (χ2v) is 7.33. The summed E-state index contributed by atoms with van der Waals surface area (Å²) in [5, 5.41) is 6.44. The third-order valence-corrected chi connectivity index (χ3v) is 4.34. The molecule has 0 aromatic carbocycles. The molecule has 0 bridgehead atoms. The van der Waals surface area contributed by atoms with Crippen LogP contribution in [0, 0.1) is 0 Å². The summed E-state index contributed by atoms with van der Waals surface area (Å²) in [5.74, 6) is 1.95. The Bertz CT molecular complexity index is 611. The van der Waals surface area contributed by atoms with E-state index in [2.05, 4.69) is 62.2 Å². The minimum atomic E-state index is 0.0586. The van der Waals surface area contributed by atoms with Gasteiger partial charge in [0.25, 0.3) is 0 Å². The zero-order valence-corrected chi connectivity index (χ0v) is 14.5. The predicted molar refractivity (Wildman–Crippen MR) is 90.1 cm³/mol.